The van der Waals surface area contributed by atoms with Gasteiger partial charge in [0.15, 0.2) is 5.69 Å². The highest BCUT2D eigenvalue weighted by atomic mass is 35.5. The molecule has 0 radical (unpaired) electrons. The molecular formula is C13H13ClN2O2. The Bertz CT molecular complexity index is 551. The topological polar surface area (TPSA) is 55.1 Å². The number of benzene rings is 1. The smallest absolute Gasteiger partial charge is 0.273 e. The van der Waals surface area contributed by atoms with E-state index in [-0.39, 0.29) is 5.91 Å². The second-order valence-electron chi connectivity index (χ2n) is 3.96. The summed E-state index contributed by atoms with van der Waals surface area (Å²) in [5, 5.41) is 6.43. The summed E-state index contributed by atoms with van der Waals surface area (Å²) in [7, 11) is 0. The average molecular weight is 265 g/mol. The summed E-state index contributed by atoms with van der Waals surface area (Å²) in [5.74, 6) is 0.831. The molecule has 5 heteroatoms. The number of carbonyl (C=O) groups is 1. The van der Waals surface area contributed by atoms with Crippen molar-refractivity contribution in [2.45, 2.75) is 19.3 Å². The number of hydrogen-bond donors (Lipinski definition) is 1. The van der Waals surface area contributed by atoms with Gasteiger partial charge in [-0.05, 0) is 18.1 Å². The SMILES string of the molecule is Cc1cc(C(=O)NCc2cccc(CCl)c2)no1. The lowest BCUT2D eigenvalue weighted by Gasteiger charge is -2.04. The zero-order valence-corrected chi connectivity index (χ0v) is 10.7. The second kappa shape index (κ2) is 5.69. The summed E-state index contributed by atoms with van der Waals surface area (Å²) in [6.07, 6.45) is 0. The highest BCUT2D eigenvalue weighted by Gasteiger charge is 2.10. The molecule has 0 aliphatic rings. The van der Waals surface area contributed by atoms with E-state index >= 15 is 0 Å². The van der Waals surface area contributed by atoms with Gasteiger partial charge in [0.2, 0.25) is 0 Å². The number of carbonyl (C=O) groups excluding carboxylic acids is 1. The summed E-state index contributed by atoms with van der Waals surface area (Å²) >= 11 is 5.75. The fraction of sp³-hybridized carbons (Fsp3) is 0.231. The maximum absolute atomic E-state index is 11.7. The van der Waals surface area contributed by atoms with Gasteiger partial charge in [0.25, 0.3) is 5.91 Å². The zero-order chi connectivity index (χ0) is 13.0. The molecule has 0 atom stereocenters. The van der Waals surface area contributed by atoms with Gasteiger partial charge in [-0.2, -0.15) is 0 Å². The lowest BCUT2D eigenvalue weighted by atomic mass is 10.1. The third kappa shape index (κ3) is 3.11. The second-order valence-corrected chi connectivity index (χ2v) is 4.23. The van der Waals surface area contributed by atoms with Crippen LogP contribution in [0.4, 0.5) is 0 Å². The van der Waals surface area contributed by atoms with Gasteiger partial charge in [0.05, 0.1) is 0 Å². The van der Waals surface area contributed by atoms with Gasteiger partial charge in [0.1, 0.15) is 5.76 Å². The Morgan fingerprint density at radius 2 is 2.17 bits per heavy atom. The maximum Gasteiger partial charge on any atom is 0.273 e. The molecule has 1 heterocycles. The lowest BCUT2D eigenvalue weighted by molar-refractivity contribution is 0.0942. The highest BCUT2D eigenvalue weighted by molar-refractivity contribution is 6.17. The molecule has 0 unspecified atom stereocenters. The Labute approximate surface area is 110 Å². The van der Waals surface area contributed by atoms with Crippen LogP contribution in [0.2, 0.25) is 0 Å². The van der Waals surface area contributed by atoms with E-state index in [1.54, 1.807) is 13.0 Å². The fourth-order valence-corrected chi connectivity index (χ4v) is 1.74. The Balaban J connectivity index is 1.97. The molecule has 0 spiro atoms. The minimum Gasteiger partial charge on any atom is -0.361 e. The van der Waals surface area contributed by atoms with E-state index in [0.29, 0.717) is 23.9 Å². The van der Waals surface area contributed by atoms with Crippen molar-refractivity contribution in [3.63, 3.8) is 0 Å². The fourth-order valence-electron chi connectivity index (χ4n) is 1.57. The Morgan fingerprint density at radius 3 is 2.83 bits per heavy atom. The van der Waals surface area contributed by atoms with Crippen molar-refractivity contribution in [3.8, 4) is 0 Å². The monoisotopic (exact) mass is 264 g/mol. The number of rotatable bonds is 4. The molecule has 1 N–H and O–H groups in total. The van der Waals surface area contributed by atoms with Gasteiger partial charge in [-0.15, -0.1) is 11.6 Å². The zero-order valence-electron chi connectivity index (χ0n) is 9.94. The van der Waals surface area contributed by atoms with Gasteiger partial charge in [-0.1, -0.05) is 29.4 Å². The predicted molar refractivity (Wildman–Crippen MR) is 68.4 cm³/mol. The molecule has 2 rings (SSSR count). The van der Waals surface area contributed by atoms with Gasteiger partial charge in [0, 0.05) is 18.5 Å². The molecular weight excluding hydrogens is 252 g/mol. The van der Waals surface area contributed by atoms with Crippen molar-refractivity contribution in [1.29, 1.82) is 0 Å². The summed E-state index contributed by atoms with van der Waals surface area (Å²) in [6.45, 7) is 2.18. The Hall–Kier alpha value is -1.81. The largest absolute Gasteiger partial charge is 0.361 e. The lowest BCUT2D eigenvalue weighted by Crippen LogP contribution is -2.23. The van der Waals surface area contributed by atoms with Crippen LogP contribution in [-0.2, 0) is 12.4 Å². The van der Waals surface area contributed by atoms with Crippen LogP contribution in [0.1, 0.15) is 27.4 Å². The number of aryl methyl sites for hydroxylation is 1. The number of aromatic nitrogens is 1. The van der Waals surface area contributed by atoms with Crippen LogP contribution in [-0.4, -0.2) is 11.1 Å². The molecule has 0 aliphatic heterocycles. The Morgan fingerprint density at radius 1 is 1.39 bits per heavy atom. The van der Waals surface area contributed by atoms with Crippen LogP contribution in [0.15, 0.2) is 34.9 Å². The molecule has 0 aliphatic carbocycles. The van der Waals surface area contributed by atoms with Crippen molar-refractivity contribution in [1.82, 2.24) is 10.5 Å². The summed E-state index contributed by atoms with van der Waals surface area (Å²) in [6, 6.07) is 9.36. The molecule has 0 saturated carbocycles. The van der Waals surface area contributed by atoms with E-state index in [1.807, 2.05) is 24.3 Å². The van der Waals surface area contributed by atoms with Crippen molar-refractivity contribution in [2.24, 2.45) is 0 Å². The van der Waals surface area contributed by atoms with E-state index < -0.39 is 0 Å². The van der Waals surface area contributed by atoms with Gasteiger partial charge in [-0.25, -0.2) is 0 Å². The maximum atomic E-state index is 11.7. The molecule has 2 aromatic rings. The molecule has 0 saturated heterocycles. The third-order valence-electron chi connectivity index (χ3n) is 2.46. The number of alkyl halides is 1. The van der Waals surface area contributed by atoms with Crippen LogP contribution in [0.25, 0.3) is 0 Å². The van der Waals surface area contributed by atoms with Crippen molar-refractivity contribution >= 4 is 17.5 Å². The molecule has 18 heavy (non-hydrogen) atoms. The molecule has 0 bridgehead atoms. The molecule has 1 aromatic carbocycles. The molecule has 1 amide bonds. The minimum atomic E-state index is -0.247. The van der Waals surface area contributed by atoms with Gasteiger partial charge >= 0.3 is 0 Å². The van der Waals surface area contributed by atoms with Crippen molar-refractivity contribution < 1.29 is 9.32 Å². The van der Waals surface area contributed by atoms with E-state index in [4.69, 9.17) is 16.1 Å². The normalized spacial score (nSPS) is 10.3. The first kappa shape index (κ1) is 12.6. The van der Waals surface area contributed by atoms with Gasteiger partial charge in [-0.3, -0.25) is 4.79 Å². The van der Waals surface area contributed by atoms with Crippen LogP contribution < -0.4 is 5.32 Å². The van der Waals surface area contributed by atoms with Gasteiger partial charge < -0.3 is 9.84 Å². The average Bonchev–Trinajstić information content (AvgIpc) is 2.83. The van der Waals surface area contributed by atoms with E-state index in [2.05, 4.69) is 10.5 Å². The van der Waals surface area contributed by atoms with E-state index in [1.165, 1.54) is 0 Å². The van der Waals surface area contributed by atoms with Crippen molar-refractivity contribution in [3.05, 3.63) is 52.9 Å². The first-order valence-corrected chi connectivity index (χ1v) is 6.08. The molecule has 1 aromatic heterocycles. The number of halogens is 1. The standard InChI is InChI=1S/C13H13ClN2O2/c1-9-5-12(16-18-9)13(17)15-8-11-4-2-3-10(6-11)7-14/h2-6H,7-8H2,1H3,(H,15,17). The predicted octanol–water partition coefficient (Wildman–Crippen LogP) is 2.65. The van der Waals surface area contributed by atoms with E-state index in [9.17, 15) is 4.79 Å². The first-order valence-electron chi connectivity index (χ1n) is 5.54. The quantitative estimate of drug-likeness (QED) is 0.864. The van der Waals surface area contributed by atoms with E-state index in [0.717, 1.165) is 11.1 Å². The minimum absolute atomic E-state index is 0.247. The van der Waals surface area contributed by atoms with Crippen LogP contribution in [0, 0.1) is 6.92 Å². The van der Waals surface area contributed by atoms with Crippen LogP contribution in [0.5, 0.6) is 0 Å². The Kier molecular flexibility index (Phi) is 3.99. The summed E-state index contributed by atoms with van der Waals surface area (Å²) < 4.78 is 4.85. The number of hydrogen-bond acceptors (Lipinski definition) is 3. The number of nitrogens with one attached hydrogen (secondary N) is 1. The summed E-state index contributed by atoms with van der Waals surface area (Å²) in [4.78, 5) is 11.7. The molecule has 94 valence electrons. The first-order chi connectivity index (χ1) is 8.69. The van der Waals surface area contributed by atoms with Crippen molar-refractivity contribution in [2.75, 3.05) is 0 Å². The number of amides is 1. The molecule has 0 fully saturated rings. The highest BCUT2D eigenvalue weighted by Crippen LogP contribution is 2.08. The van der Waals surface area contributed by atoms with Crippen LogP contribution >= 0.6 is 11.6 Å². The third-order valence-corrected chi connectivity index (χ3v) is 2.77. The summed E-state index contributed by atoms with van der Waals surface area (Å²) in [5.41, 5.74) is 2.32. The molecule has 4 nitrogen and oxygen atoms in total. The number of nitrogens with zero attached hydrogens (tertiary/aromatic N) is 1. The van der Waals surface area contributed by atoms with Crippen LogP contribution in [0.3, 0.4) is 0 Å².